The third-order valence-electron chi connectivity index (χ3n) is 2.79. The van der Waals surface area contributed by atoms with Crippen molar-refractivity contribution in [1.29, 1.82) is 0 Å². The molecule has 0 aromatic heterocycles. The van der Waals surface area contributed by atoms with Gasteiger partial charge < -0.3 is 14.8 Å². The van der Waals surface area contributed by atoms with Crippen molar-refractivity contribution in [3.05, 3.63) is 36.4 Å². The van der Waals surface area contributed by atoms with Gasteiger partial charge in [0.1, 0.15) is 6.61 Å². The Hall–Kier alpha value is -1.97. The maximum absolute atomic E-state index is 12.0. The number of methoxy groups -OCH3 is 1. The van der Waals surface area contributed by atoms with Crippen LogP contribution in [-0.2, 0) is 0 Å². The Morgan fingerprint density at radius 3 is 2.75 bits per heavy atom. The van der Waals surface area contributed by atoms with E-state index >= 15 is 0 Å². The molecule has 0 atom stereocenters. The van der Waals surface area contributed by atoms with Gasteiger partial charge in [0.15, 0.2) is 11.5 Å². The molecule has 4 heteroatoms. The third-order valence-corrected chi connectivity index (χ3v) is 2.79. The smallest absolute Gasteiger partial charge is 0.251 e. The van der Waals surface area contributed by atoms with Gasteiger partial charge in [-0.05, 0) is 30.5 Å². The van der Waals surface area contributed by atoms with E-state index in [-0.39, 0.29) is 5.91 Å². The van der Waals surface area contributed by atoms with E-state index in [0.29, 0.717) is 36.1 Å². The van der Waals surface area contributed by atoms with E-state index < -0.39 is 0 Å². The van der Waals surface area contributed by atoms with Gasteiger partial charge in [-0.1, -0.05) is 26.5 Å². The lowest BCUT2D eigenvalue weighted by Gasteiger charge is -2.11. The van der Waals surface area contributed by atoms with Gasteiger partial charge in [0.25, 0.3) is 5.91 Å². The van der Waals surface area contributed by atoms with Gasteiger partial charge in [0.05, 0.1) is 7.11 Å². The van der Waals surface area contributed by atoms with Gasteiger partial charge in [-0.3, -0.25) is 4.79 Å². The predicted octanol–water partition coefficient (Wildman–Crippen LogP) is 3.04. The van der Waals surface area contributed by atoms with Crippen molar-refractivity contribution in [2.45, 2.75) is 20.3 Å². The molecule has 0 unspecified atom stereocenters. The molecule has 0 saturated carbocycles. The zero-order chi connectivity index (χ0) is 15.0. The molecule has 0 spiro atoms. The average molecular weight is 277 g/mol. The van der Waals surface area contributed by atoms with Crippen LogP contribution in [-0.4, -0.2) is 26.2 Å². The summed E-state index contributed by atoms with van der Waals surface area (Å²) in [4.78, 5) is 12.0. The van der Waals surface area contributed by atoms with Gasteiger partial charge in [0, 0.05) is 12.1 Å². The van der Waals surface area contributed by atoms with Crippen molar-refractivity contribution in [2.75, 3.05) is 20.3 Å². The van der Waals surface area contributed by atoms with Crippen LogP contribution in [0.3, 0.4) is 0 Å². The molecule has 4 nitrogen and oxygen atoms in total. The molecule has 0 heterocycles. The van der Waals surface area contributed by atoms with Crippen molar-refractivity contribution in [3.63, 3.8) is 0 Å². The first-order valence-electron chi connectivity index (χ1n) is 6.78. The molecule has 1 amide bonds. The highest BCUT2D eigenvalue weighted by Crippen LogP contribution is 2.28. The summed E-state index contributed by atoms with van der Waals surface area (Å²) in [7, 11) is 1.55. The van der Waals surface area contributed by atoms with E-state index in [1.54, 1.807) is 31.4 Å². The number of benzene rings is 1. The Kier molecular flexibility index (Phi) is 6.64. The molecule has 20 heavy (non-hydrogen) atoms. The summed E-state index contributed by atoms with van der Waals surface area (Å²) in [6.45, 7) is 8.92. The largest absolute Gasteiger partial charge is 0.493 e. The molecule has 0 fully saturated rings. The van der Waals surface area contributed by atoms with Crippen LogP contribution >= 0.6 is 0 Å². The second-order valence-electron chi connectivity index (χ2n) is 4.90. The summed E-state index contributed by atoms with van der Waals surface area (Å²) in [6.07, 6.45) is 2.62. The van der Waals surface area contributed by atoms with Gasteiger partial charge in [-0.2, -0.15) is 0 Å². The first kappa shape index (κ1) is 16.1. The molecular weight excluding hydrogens is 254 g/mol. The van der Waals surface area contributed by atoms with Gasteiger partial charge in [-0.25, -0.2) is 0 Å². The maximum Gasteiger partial charge on any atom is 0.251 e. The van der Waals surface area contributed by atoms with Crippen LogP contribution in [0.25, 0.3) is 0 Å². The molecule has 110 valence electrons. The minimum Gasteiger partial charge on any atom is -0.493 e. The summed E-state index contributed by atoms with van der Waals surface area (Å²) in [5.74, 6) is 1.62. The fourth-order valence-corrected chi connectivity index (χ4v) is 1.65. The molecule has 0 saturated heterocycles. The molecule has 1 rings (SSSR count). The number of amides is 1. The average Bonchev–Trinajstić information content (AvgIpc) is 2.44. The lowest BCUT2D eigenvalue weighted by atomic mass is 10.1. The standard InChI is InChI=1S/C16H23NO3/c1-5-10-20-14-7-6-13(11-15(14)19-4)16(18)17-9-8-12(2)3/h5-7,11-12H,1,8-10H2,2-4H3,(H,17,18). The number of carbonyl (C=O) groups is 1. The minimum absolute atomic E-state index is 0.0979. The van der Waals surface area contributed by atoms with Crippen molar-refractivity contribution < 1.29 is 14.3 Å². The number of nitrogens with one attached hydrogen (secondary N) is 1. The van der Waals surface area contributed by atoms with Crippen LogP contribution in [0.5, 0.6) is 11.5 Å². The fraction of sp³-hybridized carbons (Fsp3) is 0.438. The first-order chi connectivity index (χ1) is 9.58. The van der Waals surface area contributed by atoms with E-state index in [1.165, 1.54) is 0 Å². The quantitative estimate of drug-likeness (QED) is 0.743. The Labute approximate surface area is 120 Å². The first-order valence-corrected chi connectivity index (χ1v) is 6.78. The van der Waals surface area contributed by atoms with Gasteiger partial charge in [-0.15, -0.1) is 0 Å². The molecule has 1 aromatic rings. The van der Waals surface area contributed by atoms with E-state index in [1.807, 2.05) is 0 Å². The predicted molar refractivity (Wildman–Crippen MR) is 80.5 cm³/mol. The summed E-state index contributed by atoms with van der Waals surface area (Å²) in [6, 6.07) is 5.15. The van der Waals surface area contributed by atoms with E-state index in [0.717, 1.165) is 6.42 Å². The van der Waals surface area contributed by atoms with Crippen LogP contribution < -0.4 is 14.8 Å². The summed E-state index contributed by atoms with van der Waals surface area (Å²) < 4.78 is 10.7. The number of rotatable bonds is 8. The second kappa shape index (κ2) is 8.25. The second-order valence-corrected chi connectivity index (χ2v) is 4.90. The maximum atomic E-state index is 12.0. The van der Waals surface area contributed by atoms with Gasteiger partial charge >= 0.3 is 0 Å². The third kappa shape index (κ3) is 4.96. The molecule has 0 aliphatic heterocycles. The van der Waals surface area contributed by atoms with Crippen molar-refractivity contribution >= 4 is 5.91 Å². The van der Waals surface area contributed by atoms with Crippen LogP contribution in [0.4, 0.5) is 0 Å². The van der Waals surface area contributed by atoms with E-state index in [9.17, 15) is 4.79 Å². The molecule has 0 radical (unpaired) electrons. The zero-order valence-corrected chi connectivity index (χ0v) is 12.4. The Morgan fingerprint density at radius 1 is 1.40 bits per heavy atom. The molecule has 1 aromatic carbocycles. The Morgan fingerprint density at radius 2 is 2.15 bits per heavy atom. The topological polar surface area (TPSA) is 47.6 Å². The highest BCUT2D eigenvalue weighted by atomic mass is 16.5. The minimum atomic E-state index is -0.0979. The fourth-order valence-electron chi connectivity index (χ4n) is 1.65. The normalized spacial score (nSPS) is 10.2. The van der Waals surface area contributed by atoms with Crippen LogP contribution in [0.2, 0.25) is 0 Å². The van der Waals surface area contributed by atoms with Crippen molar-refractivity contribution in [1.82, 2.24) is 5.32 Å². The Balaban J connectivity index is 2.70. The van der Waals surface area contributed by atoms with E-state index in [2.05, 4.69) is 25.7 Å². The Bertz CT molecular complexity index is 455. The van der Waals surface area contributed by atoms with Crippen molar-refractivity contribution in [3.8, 4) is 11.5 Å². The lowest BCUT2D eigenvalue weighted by Crippen LogP contribution is -2.25. The molecule has 0 aliphatic carbocycles. The summed E-state index contributed by atoms with van der Waals surface area (Å²) in [5, 5.41) is 2.89. The van der Waals surface area contributed by atoms with Crippen LogP contribution in [0.1, 0.15) is 30.6 Å². The summed E-state index contributed by atoms with van der Waals surface area (Å²) >= 11 is 0. The van der Waals surface area contributed by atoms with Crippen LogP contribution in [0.15, 0.2) is 30.9 Å². The van der Waals surface area contributed by atoms with Crippen molar-refractivity contribution in [2.24, 2.45) is 5.92 Å². The van der Waals surface area contributed by atoms with Crippen LogP contribution in [0, 0.1) is 5.92 Å². The van der Waals surface area contributed by atoms with E-state index in [4.69, 9.17) is 9.47 Å². The molecule has 0 bridgehead atoms. The number of hydrogen-bond donors (Lipinski definition) is 1. The monoisotopic (exact) mass is 277 g/mol. The molecule has 1 N–H and O–H groups in total. The number of hydrogen-bond acceptors (Lipinski definition) is 3. The zero-order valence-electron chi connectivity index (χ0n) is 12.4. The molecule has 0 aliphatic rings. The summed E-state index contributed by atoms with van der Waals surface area (Å²) in [5.41, 5.74) is 0.566. The van der Waals surface area contributed by atoms with Gasteiger partial charge in [0.2, 0.25) is 0 Å². The number of carbonyl (C=O) groups excluding carboxylic acids is 1. The lowest BCUT2D eigenvalue weighted by molar-refractivity contribution is 0.0951. The highest BCUT2D eigenvalue weighted by Gasteiger charge is 2.10. The molecular formula is C16H23NO3. The number of ether oxygens (including phenoxy) is 2. The highest BCUT2D eigenvalue weighted by molar-refractivity contribution is 5.94. The SMILES string of the molecule is C=CCOc1ccc(C(=O)NCCC(C)C)cc1OC.